The summed E-state index contributed by atoms with van der Waals surface area (Å²) >= 11 is 0. The molecule has 30 heavy (non-hydrogen) atoms. The molecule has 1 aliphatic heterocycles. The minimum absolute atomic E-state index is 0. The van der Waals surface area contributed by atoms with E-state index >= 15 is 0 Å². The van der Waals surface area contributed by atoms with Crippen LogP contribution < -0.4 is 10.1 Å². The van der Waals surface area contributed by atoms with Crippen molar-refractivity contribution in [3.05, 3.63) is 47.8 Å². The first-order valence-corrected chi connectivity index (χ1v) is 10.5. The number of nitrogens with zero attached hydrogens (tertiary/aromatic N) is 4. The topological polar surface area (TPSA) is 63.9 Å². The van der Waals surface area contributed by atoms with Gasteiger partial charge in [0.25, 0.3) is 0 Å². The lowest BCUT2D eigenvalue weighted by molar-refractivity contribution is -0.00804. The van der Waals surface area contributed by atoms with Gasteiger partial charge in [-0.15, -0.1) is 24.0 Å². The van der Waals surface area contributed by atoms with E-state index in [0.717, 1.165) is 62.9 Å². The molecule has 1 aromatic carbocycles. The van der Waals surface area contributed by atoms with Crippen LogP contribution in [0, 0.1) is 6.92 Å². The normalized spacial score (nSPS) is 16.8. The Bertz CT molecular complexity index is 778. The first kappa shape index (κ1) is 24.5. The summed E-state index contributed by atoms with van der Waals surface area (Å²) < 4.78 is 13.6. The Morgan fingerprint density at radius 2 is 2.10 bits per heavy atom. The number of unbranched alkanes of at least 4 members (excludes halogenated alkanes) is 1. The van der Waals surface area contributed by atoms with Gasteiger partial charge < -0.3 is 19.7 Å². The molecule has 2 aromatic rings. The first-order valence-electron chi connectivity index (χ1n) is 10.5. The molecule has 166 valence electrons. The van der Waals surface area contributed by atoms with Gasteiger partial charge >= 0.3 is 0 Å². The van der Waals surface area contributed by atoms with Crippen LogP contribution in [0.5, 0.6) is 5.75 Å². The molecule has 7 nitrogen and oxygen atoms in total. The van der Waals surface area contributed by atoms with Gasteiger partial charge in [-0.3, -0.25) is 9.67 Å². The van der Waals surface area contributed by atoms with E-state index in [-0.39, 0.29) is 30.1 Å². The summed E-state index contributed by atoms with van der Waals surface area (Å²) in [5, 5.41) is 7.68. The Kier molecular flexibility index (Phi) is 10.4. The van der Waals surface area contributed by atoms with Crippen LogP contribution in [0.15, 0.2) is 41.7 Å². The number of aromatic nitrogens is 2. The monoisotopic (exact) mass is 527 g/mol. The van der Waals surface area contributed by atoms with Crippen molar-refractivity contribution in [1.82, 2.24) is 20.0 Å². The summed E-state index contributed by atoms with van der Waals surface area (Å²) in [6.45, 7) is 8.86. The lowest BCUT2D eigenvalue weighted by Gasteiger charge is -2.34. The van der Waals surface area contributed by atoms with Crippen molar-refractivity contribution in [2.75, 3.05) is 39.4 Å². The van der Waals surface area contributed by atoms with Crippen molar-refractivity contribution in [1.29, 1.82) is 0 Å². The molecule has 1 atom stereocenters. The second-order valence-electron chi connectivity index (χ2n) is 7.36. The second kappa shape index (κ2) is 12.8. The first-order chi connectivity index (χ1) is 14.2. The fourth-order valence-corrected chi connectivity index (χ4v) is 3.30. The predicted molar refractivity (Wildman–Crippen MR) is 131 cm³/mol. The molecule has 0 aliphatic carbocycles. The van der Waals surface area contributed by atoms with Gasteiger partial charge in [0, 0.05) is 38.4 Å². The Balaban J connectivity index is 0.00000320. The number of hydrogen-bond acceptors (Lipinski definition) is 4. The molecule has 1 fully saturated rings. The summed E-state index contributed by atoms with van der Waals surface area (Å²) in [6, 6.07) is 8.19. The van der Waals surface area contributed by atoms with E-state index in [1.807, 2.05) is 36.3 Å². The summed E-state index contributed by atoms with van der Waals surface area (Å²) in [7, 11) is 1.93. The highest BCUT2D eigenvalue weighted by atomic mass is 127. The van der Waals surface area contributed by atoms with Gasteiger partial charge in [-0.25, -0.2) is 0 Å². The smallest absolute Gasteiger partial charge is 0.194 e. The van der Waals surface area contributed by atoms with Crippen LogP contribution in [0.4, 0.5) is 0 Å². The fourth-order valence-electron chi connectivity index (χ4n) is 3.30. The standard InChI is InChI=1S/C22H33N5O2.HI/c1-4-23-22(24-11-5-6-13-28-20-9-7-18(2)8-10-20)27-12-14-29-21(17-27)19-15-25-26(3)16-19;/h7-10,15-16,21H,4-6,11-14,17H2,1-3H3,(H,23,24);1H. The highest BCUT2D eigenvalue weighted by Gasteiger charge is 2.25. The molecule has 1 N–H and O–H groups in total. The van der Waals surface area contributed by atoms with Crippen molar-refractivity contribution in [3.8, 4) is 5.75 Å². The number of rotatable bonds is 8. The highest BCUT2D eigenvalue weighted by Crippen LogP contribution is 2.21. The third-order valence-corrected chi connectivity index (χ3v) is 4.90. The van der Waals surface area contributed by atoms with E-state index in [2.05, 4.69) is 41.3 Å². The van der Waals surface area contributed by atoms with Crippen LogP contribution in [-0.4, -0.2) is 60.0 Å². The van der Waals surface area contributed by atoms with Crippen LogP contribution in [-0.2, 0) is 11.8 Å². The maximum absolute atomic E-state index is 5.95. The molecule has 3 rings (SSSR count). The lowest BCUT2D eigenvalue weighted by Crippen LogP contribution is -2.48. The molecule has 2 heterocycles. The van der Waals surface area contributed by atoms with Crippen LogP contribution in [0.1, 0.15) is 37.0 Å². The van der Waals surface area contributed by atoms with E-state index in [4.69, 9.17) is 14.5 Å². The quantitative estimate of drug-likeness (QED) is 0.246. The van der Waals surface area contributed by atoms with E-state index in [1.165, 1.54) is 5.56 Å². The summed E-state index contributed by atoms with van der Waals surface area (Å²) in [5.74, 6) is 1.89. The molecule has 8 heteroatoms. The van der Waals surface area contributed by atoms with E-state index in [1.54, 1.807) is 0 Å². The fraction of sp³-hybridized carbons (Fsp3) is 0.545. The maximum Gasteiger partial charge on any atom is 0.194 e. The number of hydrogen-bond donors (Lipinski definition) is 1. The summed E-state index contributed by atoms with van der Waals surface area (Å²) in [4.78, 5) is 7.11. The van der Waals surface area contributed by atoms with Crippen molar-refractivity contribution in [2.24, 2.45) is 12.0 Å². The van der Waals surface area contributed by atoms with Crippen LogP contribution >= 0.6 is 24.0 Å². The van der Waals surface area contributed by atoms with Crippen molar-refractivity contribution < 1.29 is 9.47 Å². The van der Waals surface area contributed by atoms with Crippen molar-refractivity contribution >= 4 is 29.9 Å². The maximum atomic E-state index is 5.95. The molecule has 0 bridgehead atoms. The zero-order valence-corrected chi connectivity index (χ0v) is 20.5. The molecular weight excluding hydrogens is 493 g/mol. The Morgan fingerprint density at radius 3 is 2.80 bits per heavy atom. The molecule has 0 radical (unpaired) electrons. The summed E-state index contributed by atoms with van der Waals surface area (Å²) in [6.07, 6.45) is 5.91. The molecule has 0 amide bonds. The van der Waals surface area contributed by atoms with Crippen molar-refractivity contribution in [3.63, 3.8) is 0 Å². The molecule has 1 aromatic heterocycles. The molecule has 1 saturated heterocycles. The van der Waals surface area contributed by atoms with E-state index in [0.29, 0.717) is 6.61 Å². The van der Waals surface area contributed by atoms with E-state index in [9.17, 15) is 0 Å². The number of morpholine rings is 1. The van der Waals surface area contributed by atoms with Crippen LogP contribution in [0.2, 0.25) is 0 Å². The molecule has 1 aliphatic rings. The van der Waals surface area contributed by atoms with E-state index < -0.39 is 0 Å². The number of nitrogens with one attached hydrogen (secondary N) is 1. The van der Waals surface area contributed by atoms with Crippen LogP contribution in [0.25, 0.3) is 0 Å². The Labute approximate surface area is 196 Å². The molecule has 0 spiro atoms. The number of benzene rings is 1. The Morgan fingerprint density at radius 1 is 1.30 bits per heavy atom. The van der Waals surface area contributed by atoms with Gasteiger partial charge in [0.05, 0.1) is 26.0 Å². The van der Waals surface area contributed by atoms with Gasteiger partial charge in [-0.1, -0.05) is 17.7 Å². The van der Waals surface area contributed by atoms with Gasteiger partial charge in [0.2, 0.25) is 0 Å². The number of ether oxygens (including phenoxy) is 2. The zero-order valence-electron chi connectivity index (χ0n) is 18.2. The highest BCUT2D eigenvalue weighted by molar-refractivity contribution is 14.0. The average molecular weight is 527 g/mol. The predicted octanol–water partition coefficient (Wildman–Crippen LogP) is 3.54. The van der Waals surface area contributed by atoms with Gasteiger partial charge in [0.15, 0.2) is 5.96 Å². The van der Waals surface area contributed by atoms with Gasteiger partial charge in [-0.2, -0.15) is 5.10 Å². The third-order valence-electron chi connectivity index (χ3n) is 4.90. The van der Waals surface area contributed by atoms with Gasteiger partial charge in [-0.05, 0) is 38.8 Å². The molecule has 0 saturated carbocycles. The largest absolute Gasteiger partial charge is 0.494 e. The lowest BCUT2D eigenvalue weighted by atomic mass is 10.1. The SMILES string of the molecule is CCNC(=NCCCCOc1ccc(C)cc1)N1CCOC(c2cnn(C)c2)C1.I. The minimum Gasteiger partial charge on any atom is -0.494 e. The number of aryl methyl sites for hydroxylation is 2. The minimum atomic E-state index is 0. The van der Waals surface area contributed by atoms with Crippen molar-refractivity contribution in [2.45, 2.75) is 32.8 Å². The van der Waals surface area contributed by atoms with Gasteiger partial charge in [0.1, 0.15) is 11.9 Å². The summed E-state index contributed by atoms with van der Waals surface area (Å²) in [5.41, 5.74) is 2.36. The second-order valence-corrected chi connectivity index (χ2v) is 7.36. The number of halogens is 1. The average Bonchev–Trinajstić information content (AvgIpc) is 3.17. The Hall–Kier alpha value is -1.81. The number of aliphatic imine (C=N–C) groups is 1. The zero-order chi connectivity index (χ0) is 20.5. The molecular formula is C22H34IN5O2. The number of guanidine groups is 1. The molecule has 1 unspecified atom stereocenters. The third kappa shape index (κ3) is 7.46. The van der Waals surface area contributed by atoms with Crippen LogP contribution in [0.3, 0.4) is 0 Å².